The second-order valence-electron chi connectivity index (χ2n) is 6.19. The number of piperidine rings is 1. The van der Waals surface area contributed by atoms with Gasteiger partial charge in [0.2, 0.25) is 5.91 Å². The van der Waals surface area contributed by atoms with Gasteiger partial charge < -0.3 is 10.2 Å². The van der Waals surface area contributed by atoms with Gasteiger partial charge in [0.15, 0.2) is 0 Å². The van der Waals surface area contributed by atoms with Crippen LogP contribution in [0.1, 0.15) is 49.4 Å². The molecule has 1 heterocycles. The second-order valence-corrected chi connectivity index (χ2v) is 7.76. The minimum absolute atomic E-state index is 0.0198. The van der Waals surface area contributed by atoms with Gasteiger partial charge in [-0.05, 0) is 60.1 Å². The molecule has 24 heavy (non-hydrogen) atoms. The fourth-order valence-corrected chi connectivity index (χ4v) is 3.52. The molecular formula is C18H24ClIN2O2. The van der Waals surface area contributed by atoms with Crippen LogP contribution < -0.4 is 5.32 Å². The summed E-state index contributed by atoms with van der Waals surface area (Å²) in [5, 5.41) is 3.68. The lowest BCUT2D eigenvalue weighted by molar-refractivity contribution is -0.126. The SMILES string of the molecule is CCCCCNC(=O)C1CCN(C(=O)c2ccc(Cl)c(I)c2)CC1. The molecule has 132 valence electrons. The Hall–Kier alpha value is -0.820. The average Bonchev–Trinajstić information content (AvgIpc) is 2.60. The van der Waals surface area contributed by atoms with Crippen molar-refractivity contribution in [2.45, 2.75) is 39.0 Å². The van der Waals surface area contributed by atoms with Crippen LogP contribution >= 0.6 is 34.2 Å². The number of nitrogens with zero attached hydrogens (tertiary/aromatic N) is 1. The average molecular weight is 463 g/mol. The first-order chi connectivity index (χ1) is 11.5. The molecule has 0 spiro atoms. The molecule has 0 saturated carbocycles. The van der Waals surface area contributed by atoms with Crippen LogP contribution in [-0.4, -0.2) is 36.3 Å². The molecule has 1 N–H and O–H groups in total. The predicted octanol–water partition coefficient (Wildman–Crippen LogP) is 4.10. The minimum Gasteiger partial charge on any atom is -0.356 e. The fourth-order valence-electron chi connectivity index (χ4n) is 2.89. The van der Waals surface area contributed by atoms with E-state index in [2.05, 4.69) is 34.8 Å². The first-order valence-corrected chi connectivity index (χ1v) is 10.0. The van der Waals surface area contributed by atoms with E-state index in [0.29, 0.717) is 23.7 Å². The highest BCUT2D eigenvalue weighted by molar-refractivity contribution is 14.1. The topological polar surface area (TPSA) is 49.4 Å². The second kappa shape index (κ2) is 9.61. The van der Waals surface area contributed by atoms with Gasteiger partial charge in [-0.15, -0.1) is 0 Å². The molecule has 0 atom stereocenters. The van der Waals surface area contributed by atoms with Crippen molar-refractivity contribution in [3.05, 3.63) is 32.4 Å². The van der Waals surface area contributed by atoms with Crippen LogP contribution in [0.2, 0.25) is 5.02 Å². The van der Waals surface area contributed by atoms with Crippen LogP contribution in [0, 0.1) is 9.49 Å². The van der Waals surface area contributed by atoms with Crippen molar-refractivity contribution >= 4 is 46.0 Å². The molecule has 2 amide bonds. The molecule has 6 heteroatoms. The number of halogens is 2. The summed E-state index contributed by atoms with van der Waals surface area (Å²) in [6.07, 6.45) is 4.80. The number of carbonyl (C=O) groups excluding carboxylic acids is 2. The third-order valence-electron chi connectivity index (χ3n) is 4.40. The molecule has 0 aromatic heterocycles. The molecule has 0 bridgehead atoms. The largest absolute Gasteiger partial charge is 0.356 e. The Bertz CT molecular complexity index is 586. The predicted molar refractivity (Wildman–Crippen MR) is 105 cm³/mol. The maximum atomic E-state index is 12.6. The summed E-state index contributed by atoms with van der Waals surface area (Å²) in [6.45, 7) is 4.17. The highest BCUT2D eigenvalue weighted by Gasteiger charge is 2.27. The number of rotatable bonds is 6. The summed E-state index contributed by atoms with van der Waals surface area (Å²) in [5.74, 6) is 0.187. The molecule has 2 rings (SSSR count). The molecule has 1 saturated heterocycles. The molecule has 0 unspecified atom stereocenters. The molecule has 1 aromatic rings. The normalized spacial score (nSPS) is 15.4. The standard InChI is InChI=1S/C18H24ClIN2O2/c1-2-3-4-9-21-17(23)13-7-10-22(11-8-13)18(24)14-5-6-15(19)16(20)12-14/h5-6,12-13H,2-4,7-11H2,1H3,(H,21,23). The minimum atomic E-state index is 0.0198. The molecule has 0 aliphatic carbocycles. The summed E-state index contributed by atoms with van der Waals surface area (Å²) in [5.41, 5.74) is 0.659. The van der Waals surface area contributed by atoms with E-state index < -0.39 is 0 Å². The number of carbonyl (C=O) groups is 2. The summed E-state index contributed by atoms with van der Waals surface area (Å²) in [7, 11) is 0. The molecular weight excluding hydrogens is 439 g/mol. The number of amides is 2. The quantitative estimate of drug-likeness (QED) is 0.511. The van der Waals surface area contributed by atoms with E-state index in [9.17, 15) is 9.59 Å². The van der Waals surface area contributed by atoms with Gasteiger partial charge in [-0.1, -0.05) is 31.4 Å². The smallest absolute Gasteiger partial charge is 0.253 e. The van der Waals surface area contributed by atoms with Crippen molar-refractivity contribution in [3.8, 4) is 0 Å². The molecule has 1 aliphatic rings. The van der Waals surface area contributed by atoms with E-state index in [1.807, 2.05) is 11.0 Å². The van der Waals surface area contributed by atoms with Gasteiger partial charge in [-0.2, -0.15) is 0 Å². The first-order valence-electron chi connectivity index (χ1n) is 8.55. The van der Waals surface area contributed by atoms with Crippen molar-refractivity contribution in [1.29, 1.82) is 0 Å². The Kier molecular flexibility index (Phi) is 7.81. The number of likely N-dealkylation sites (tertiary alicyclic amines) is 1. The van der Waals surface area contributed by atoms with E-state index in [0.717, 1.165) is 42.2 Å². The van der Waals surface area contributed by atoms with Crippen molar-refractivity contribution in [2.75, 3.05) is 19.6 Å². The van der Waals surface area contributed by atoms with E-state index in [-0.39, 0.29) is 17.7 Å². The number of hydrogen-bond donors (Lipinski definition) is 1. The maximum absolute atomic E-state index is 12.6. The van der Waals surface area contributed by atoms with Crippen LogP contribution in [0.4, 0.5) is 0 Å². The van der Waals surface area contributed by atoms with Crippen LogP contribution in [0.25, 0.3) is 0 Å². The van der Waals surface area contributed by atoms with Crippen molar-refractivity contribution in [2.24, 2.45) is 5.92 Å². The van der Waals surface area contributed by atoms with Gasteiger partial charge in [0, 0.05) is 34.7 Å². The highest BCUT2D eigenvalue weighted by atomic mass is 127. The lowest BCUT2D eigenvalue weighted by Gasteiger charge is -2.31. The molecule has 1 fully saturated rings. The zero-order chi connectivity index (χ0) is 17.5. The first kappa shape index (κ1) is 19.5. The Morgan fingerprint density at radius 2 is 2.00 bits per heavy atom. The summed E-state index contributed by atoms with van der Waals surface area (Å²) >= 11 is 8.14. The van der Waals surface area contributed by atoms with Gasteiger partial charge in [0.05, 0.1) is 5.02 Å². The van der Waals surface area contributed by atoms with E-state index in [1.54, 1.807) is 12.1 Å². The Morgan fingerprint density at radius 1 is 1.29 bits per heavy atom. The lowest BCUT2D eigenvalue weighted by atomic mass is 9.95. The number of nitrogens with one attached hydrogen (secondary N) is 1. The van der Waals surface area contributed by atoms with E-state index in [1.165, 1.54) is 0 Å². The maximum Gasteiger partial charge on any atom is 0.253 e. The summed E-state index contributed by atoms with van der Waals surface area (Å²) in [4.78, 5) is 26.6. The Labute approximate surface area is 162 Å². The van der Waals surface area contributed by atoms with E-state index >= 15 is 0 Å². The van der Waals surface area contributed by atoms with Crippen molar-refractivity contribution in [3.63, 3.8) is 0 Å². The summed E-state index contributed by atoms with van der Waals surface area (Å²) < 4.78 is 0.876. The molecule has 0 radical (unpaired) electrons. The number of benzene rings is 1. The molecule has 1 aliphatic heterocycles. The van der Waals surface area contributed by atoms with Gasteiger partial charge in [0.1, 0.15) is 0 Å². The third-order valence-corrected chi connectivity index (χ3v) is 5.94. The molecule has 1 aromatic carbocycles. The Morgan fingerprint density at radius 3 is 2.62 bits per heavy atom. The number of unbranched alkanes of at least 4 members (excludes halogenated alkanes) is 2. The van der Waals surface area contributed by atoms with Crippen LogP contribution in [-0.2, 0) is 4.79 Å². The van der Waals surface area contributed by atoms with Crippen LogP contribution in [0.15, 0.2) is 18.2 Å². The summed E-state index contributed by atoms with van der Waals surface area (Å²) in [6, 6.07) is 5.34. The fraction of sp³-hybridized carbons (Fsp3) is 0.556. The zero-order valence-corrected chi connectivity index (χ0v) is 16.9. The van der Waals surface area contributed by atoms with Crippen LogP contribution in [0.5, 0.6) is 0 Å². The zero-order valence-electron chi connectivity index (χ0n) is 14.0. The lowest BCUT2D eigenvalue weighted by Crippen LogP contribution is -2.43. The Balaban J connectivity index is 1.82. The van der Waals surface area contributed by atoms with Gasteiger partial charge in [-0.3, -0.25) is 9.59 Å². The monoisotopic (exact) mass is 462 g/mol. The third kappa shape index (κ3) is 5.34. The van der Waals surface area contributed by atoms with Crippen molar-refractivity contribution < 1.29 is 9.59 Å². The number of hydrogen-bond acceptors (Lipinski definition) is 2. The van der Waals surface area contributed by atoms with Gasteiger partial charge in [0.25, 0.3) is 5.91 Å². The molecule has 4 nitrogen and oxygen atoms in total. The van der Waals surface area contributed by atoms with Gasteiger partial charge >= 0.3 is 0 Å². The highest BCUT2D eigenvalue weighted by Crippen LogP contribution is 2.23. The van der Waals surface area contributed by atoms with E-state index in [4.69, 9.17) is 11.6 Å². The van der Waals surface area contributed by atoms with Crippen LogP contribution in [0.3, 0.4) is 0 Å². The van der Waals surface area contributed by atoms with Gasteiger partial charge in [-0.25, -0.2) is 0 Å². The van der Waals surface area contributed by atoms with Crippen molar-refractivity contribution in [1.82, 2.24) is 10.2 Å².